The maximum atomic E-state index is 10.9. The smallest absolute Gasteiger partial charge is 0.402 e. The van der Waals surface area contributed by atoms with E-state index in [0.29, 0.717) is 6.42 Å². The molecule has 3 aromatic carbocycles. The van der Waals surface area contributed by atoms with Crippen LogP contribution in [-0.2, 0) is 6.42 Å². The van der Waals surface area contributed by atoms with Crippen molar-refractivity contribution < 1.29 is 25.3 Å². The summed E-state index contributed by atoms with van der Waals surface area (Å²) in [5, 5.41) is 45.1. The highest BCUT2D eigenvalue weighted by atomic mass is 16.5. The Hall–Kier alpha value is -2.68. The first-order chi connectivity index (χ1) is 14.5. The molecule has 1 unspecified atom stereocenters. The monoisotopic (exact) mass is 421 g/mol. The van der Waals surface area contributed by atoms with Crippen molar-refractivity contribution in [2.24, 2.45) is 0 Å². The second-order valence-corrected chi connectivity index (χ2v) is 8.36. The van der Waals surface area contributed by atoms with Gasteiger partial charge in [-0.1, -0.05) is 48.5 Å². The van der Waals surface area contributed by atoms with Crippen molar-refractivity contribution in [3.8, 4) is 5.69 Å². The number of hydrogen-bond donors (Lipinski definition) is 5. The normalized spacial score (nSPS) is 13.5. The zero-order valence-corrected chi connectivity index (χ0v) is 17.9. The van der Waals surface area contributed by atoms with Gasteiger partial charge >= 0.3 is 7.32 Å². The summed E-state index contributed by atoms with van der Waals surface area (Å²) in [6.07, 6.45) is 0.372. The number of hydrogen-bond acceptors (Lipinski definition) is 5. The highest BCUT2D eigenvalue weighted by Gasteiger charge is 2.38. The number of aliphatic hydroxyl groups is 2. The van der Waals surface area contributed by atoms with Crippen LogP contribution in [0.25, 0.3) is 27.5 Å². The molecule has 0 aliphatic heterocycles. The SMILES string of the molecule is CC(C)(O)C(C)(O)Cc1cccc2c1c1ccccc1n2-c1ccccc1.OB(O)O. The Bertz CT molecular complexity index is 1160. The van der Waals surface area contributed by atoms with E-state index in [9.17, 15) is 10.2 Å². The van der Waals surface area contributed by atoms with Crippen molar-refractivity contribution in [3.63, 3.8) is 0 Å². The summed E-state index contributed by atoms with van der Waals surface area (Å²) in [5.41, 5.74) is 1.94. The van der Waals surface area contributed by atoms with Crippen molar-refractivity contribution in [1.29, 1.82) is 0 Å². The van der Waals surface area contributed by atoms with Crippen molar-refractivity contribution in [1.82, 2.24) is 4.57 Å². The van der Waals surface area contributed by atoms with Crippen LogP contribution in [0.4, 0.5) is 0 Å². The molecule has 0 saturated heterocycles. The van der Waals surface area contributed by atoms with E-state index < -0.39 is 18.5 Å². The molecule has 5 N–H and O–H groups in total. The van der Waals surface area contributed by atoms with Crippen molar-refractivity contribution >= 4 is 29.1 Å². The lowest BCUT2D eigenvalue weighted by molar-refractivity contribution is -0.118. The standard InChI is InChI=1S/C24H25NO2.BH3O3/c1-23(2,26)24(3,27)16-17-10-9-15-21-22(17)19-13-7-8-14-20(19)25(21)18-11-5-4-6-12-18;2-1(3)4/h4-15,26-27H,16H2,1-3H3;2-4H. The van der Waals surface area contributed by atoms with Gasteiger partial charge in [0.25, 0.3) is 0 Å². The van der Waals surface area contributed by atoms with Gasteiger partial charge in [-0.3, -0.25) is 0 Å². The van der Waals surface area contributed by atoms with E-state index in [-0.39, 0.29) is 0 Å². The number of nitrogens with zero attached hydrogens (tertiary/aromatic N) is 1. The Balaban J connectivity index is 0.000000628. The Kier molecular flexibility index (Phi) is 6.55. The third-order valence-corrected chi connectivity index (χ3v) is 5.65. The van der Waals surface area contributed by atoms with Crippen molar-refractivity contribution in [3.05, 3.63) is 78.4 Å². The van der Waals surface area contributed by atoms with Crippen LogP contribution in [0.3, 0.4) is 0 Å². The van der Waals surface area contributed by atoms with Gasteiger partial charge in [-0.2, -0.15) is 0 Å². The number of para-hydroxylation sites is 2. The molecule has 162 valence electrons. The van der Waals surface area contributed by atoms with Gasteiger partial charge in [-0.25, -0.2) is 0 Å². The second kappa shape index (κ2) is 8.82. The van der Waals surface area contributed by atoms with E-state index in [2.05, 4.69) is 34.9 Å². The summed E-state index contributed by atoms with van der Waals surface area (Å²) in [5.74, 6) is 0. The van der Waals surface area contributed by atoms with Crippen LogP contribution in [0.2, 0.25) is 0 Å². The first-order valence-electron chi connectivity index (χ1n) is 10.1. The summed E-state index contributed by atoms with van der Waals surface area (Å²) in [6, 6.07) is 24.8. The van der Waals surface area contributed by atoms with Gasteiger partial charge < -0.3 is 29.9 Å². The molecule has 0 aliphatic carbocycles. The average molecular weight is 421 g/mol. The Morgan fingerprint density at radius 3 is 1.90 bits per heavy atom. The molecule has 1 heterocycles. The average Bonchev–Trinajstić information content (AvgIpc) is 3.02. The highest BCUT2D eigenvalue weighted by molar-refractivity contribution is 6.30. The van der Waals surface area contributed by atoms with E-state index >= 15 is 0 Å². The third-order valence-electron chi connectivity index (χ3n) is 5.65. The first kappa shape index (κ1) is 23.0. The molecule has 4 aromatic rings. The molecule has 31 heavy (non-hydrogen) atoms. The molecule has 0 radical (unpaired) electrons. The van der Waals surface area contributed by atoms with Gasteiger partial charge in [-0.05, 0) is 50.6 Å². The van der Waals surface area contributed by atoms with Crippen LogP contribution in [0.15, 0.2) is 72.8 Å². The van der Waals surface area contributed by atoms with Gasteiger partial charge in [0.05, 0.1) is 22.2 Å². The molecule has 0 aliphatic rings. The molecular weight excluding hydrogens is 393 g/mol. The van der Waals surface area contributed by atoms with Crippen LogP contribution >= 0.6 is 0 Å². The third kappa shape index (κ3) is 4.82. The fraction of sp³-hybridized carbons (Fsp3) is 0.250. The molecule has 0 saturated carbocycles. The Morgan fingerprint density at radius 1 is 0.742 bits per heavy atom. The number of rotatable bonds is 4. The molecular formula is C24H28BNO5. The van der Waals surface area contributed by atoms with Gasteiger partial charge in [0.1, 0.15) is 0 Å². The van der Waals surface area contributed by atoms with E-state index in [4.69, 9.17) is 15.1 Å². The summed E-state index contributed by atoms with van der Waals surface area (Å²) in [6.45, 7) is 5.00. The van der Waals surface area contributed by atoms with E-state index in [0.717, 1.165) is 33.1 Å². The second-order valence-electron chi connectivity index (χ2n) is 8.36. The minimum Gasteiger partial charge on any atom is -0.402 e. The molecule has 4 rings (SSSR count). The van der Waals surface area contributed by atoms with Crippen LogP contribution in [0.1, 0.15) is 26.3 Å². The molecule has 0 spiro atoms. The van der Waals surface area contributed by atoms with Crippen molar-refractivity contribution in [2.75, 3.05) is 0 Å². The van der Waals surface area contributed by atoms with Gasteiger partial charge in [0.15, 0.2) is 0 Å². The van der Waals surface area contributed by atoms with Crippen LogP contribution in [0.5, 0.6) is 0 Å². The first-order valence-corrected chi connectivity index (χ1v) is 10.1. The van der Waals surface area contributed by atoms with E-state index in [1.165, 1.54) is 0 Å². The fourth-order valence-corrected chi connectivity index (χ4v) is 3.68. The van der Waals surface area contributed by atoms with E-state index in [1.807, 2.05) is 42.5 Å². The zero-order valence-electron chi connectivity index (χ0n) is 17.9. The predicted molar refractivity (Wildman–Crippen MR) is 124 cm³/mol. The Labute approximate surface area is 181 Å². The quantitative estimate of drug-likeness (QED) is 0.326. The zero-order chi connectivity index (χ0) is 22.8. The van der Waals surface area contributed by atoms with Gasteiger partial charge in [-0.15, -0.1) is 0 Å². The molecule has 1 atom stereocenters. The molecule has 6 nitrogen and oxygen atoms in total. The van der Waals surface area contributed by atoms with Crippen molar-refractivity contribution in [2.45, 2.75) is 38.4 Å². The minimum absolute atomic E-state index is 0.372. The number of aromatic nitrogens is 1. The fourth-order valence-electron chi connectivity index (χ4n) is 3.68. The maximum absolute atomic E-state index is 10.9. The van der Waals surface area contributed by atoms with Crippen LogP contribution in [-0.4, -0.2) is 48.4 Å². The van der Waals surface area contributed by atoms with Crippen LogP contribution < -0.4 is 0 Å². The largest absolute Gasteiger partial charge is 0.631 e. The molecule has 7 heteroatoms. The summed E-state index contributed by atoms with van der Waals surface area (Å²) >= 11 is 0. The number of benzene rings is 3. The topological polar surface area (TPSA) is 106 Å². The summed E-state index contributed by atoms with van der Waals surface area (Å²) < 4.78 is 2.26. The minimum atomic E-state index is -2.17. The molecule has 1 aromatic heterocycles. The van der Waals surface area contributed by atoms with Crippen LogP contribution in [0, 0.1) is 0 Å². The highest BCUT2D eigenvalue weighted by Crippen LogP contribution is 2.36. The lowest BCUT2D eigenvalue weighted by Gasteiger charge is -2.36. The van der Waals surface area contributed by atoms with Gasteiger partial charge in [0.2, 0.25) is 0 Å². The lowest BCUT2D eigenvalue weighted by Crippen LogP contribution is -2.49. The summed E-state index contributed by atoms with van der Waals surface area (Å²) in [4.78, 5) is 0. The molecule has 0 fully saturated rings. The molecule has 0 amide bonds. The predicted octanol–water partition coefficient (Wildman–Crippen LogP) is 2.80. The lowest BCUT2D eigenvalue weighted by atomic mass is 9.81. The van der Waals surface area contributed by atoms with E-state index in [1.54, 1.807) is 20.8 Å². The number of fused-ring (bicyclic) bond motifs is 3. The summed E-state index contributed by atoms with van der Waals surface area (Å²) in [7, 11) is -2.17. The molecule has 0 bridgehead atoms. The maximum Gasteiger partial charge on any atom is 0.631 e. The Morgan fingerprint density at radius 2 is 1.29 bits per heavy atom. The van der Waals surface area contributed by atoms with Gasteiger partial charge in [0, 0.05) is 22.9 Å².